The van der Waals surface area contributed by atoms with Crippen LogP contribution >= 0.6 is 23.2 Å². The summed E-state index contributed by atoms with van der Waals surface area (Å²) in [7, 11) is 0. The van der Waals surface area contributed by atoms with Gasteiger partial charge >= 0.3 is 0 Å². The van der Waals surface area contributed by atoms with E-state index in [1.165, 1.54) is 0 Å². The molecule has 0 radical (unpaired) electrons. The summed E-state index contributed by atoms with van der Waals surface area (Å²) in [5.41, 5.74) is 0.526. The van der Waals surface area contributed by atoms with E-state index in [9.17, 15) is 4.79 Å². The molecule has 1 aliphatic rings. The van der Waals surface area contributed by atoms with Crippen molar-refractivity contribution < 1.29 is 9.53 Å². The van der Waals surface area contributed by atoms with Gasteiger partial charge in [-0.2, -0.15) is 0 Å². The maximum Gasteiger partial charge on any atom is 0.253 e. The molecule has 1 aromatic carbocycles. The summed E-state index contributed by atoms with van der Waals surface area (Å²) in [6, 6.07) is 4.91. The lowest BCUT2D eigenvalue weighted by Crippen LogP contribution is -2.41. The minimum Gasteiger partial charge on any atom is -0.368 e. The Balaban J connectivity index is 2.00. The van der Waals surface area contributed by atoms with Crippen LogP contribution < -0.4 is 0 Å². The smallest absolute Gasteiger partial charge is 0.253 e. The second-order valence-electron chi connectivity index (χ2n) is 5.14. The first kappa shape index (κ1) is 16.2. The first-order valence-electron chi connectivity index (χ1n) is 6.86. The van der Waals surface area contributed by atoms with Crippen LogP contribution in [0.25, 0.3) is 0 Å². The van der Waals surface area contributed by atoms with Crippen molar-refractivity contribution in [3.05, 3.63) is 33.8 Å². The van der Waals surface area contributed by atoms with Gasteiger partial charge in [-0.3, -0.25) is 4.79 Å². The molecular weight excluding hydrogens is 309 g/mol. The largest absolute Gasteiger partial charge is 0.368 e. The Morgan fingerprint density at radius 2 is 2.10 bits per heavy atom. The molecular formula is C16H17Cl2NO2. The summed E-state index contributed by atoms with van der Waals surface area (Å²) in [6.07, 6.45) is 7.17. The molecule has 1 fully saturated rings. The molecule has 112 valence electrons. The Labute approximate surface area is 135 Å². The normalized spacial score (nSPS) is 18.3. The minimum atomic E-state index is -0.0407. The molecule has 1 unspecified atom stereocenters. The van der Waals surface area contributed by atoms with Gasteiger partial charge in [0.2, 0.25) is 0 Å². The molecule has 1 aromatic rings. The molecule has 0 aromatic heterocycles. The average Bonchev–Trinajstić information content (AvgIpc) is 2.46. The van der Waals surface area contributed by atoms with E-state index in [4.69, 9.17) is 34.4 Å². The van der Waals surface area contributed by atoms with Crippen molar-refractivity contribution in [2.75, 3.05) is 26.3 Å². The number of carbonyl (C=O) groups excluding carboxylic acids is 1. The van der Waals surface area contributed by atoms with Gasteiger partial charge < -0.3 is 9.64 Å². The standard InChI is InChI=1S/C16H17Cl2NO2/c1-2-6-21-11-12-4-3-5-19(10-12)16(20)13-7-14(17)9-15(18)8-13/h1,7-9,12H,3-6,10-11H2. The van der Waals surface area contributed by atoms with Crippen molar-refractivity contribution in [1.82, 2.24) is 4.90 Å². The van der Waals surface area contributed by atoms with Gasteiger partial charge in [-0.25, -0.2) is 0 Å². The van der Waals surface area contributed by atoms with E-state index in [-0.39, 0.29) is 5.91 Å². The molecule has 2 rings (SSSR count). The van der Waals surface area contributed by atoms with Crippen molar-refractivity contribution in [2.45, 2.75) is 12.8 Å². The topological polar surface area (TPSA) is 29.5 Å². The number of terminal acetylenes is 1. The number of rotatable bonds is 4. The highest BCUT2D eigenvalue weighted by Crippen LogP contribution is 2.23. The molecule has 0 bridgehead atoms. The van der Waals surface area contributed by atoms with Crippen LogP contribution in [0.3, 0.4) is 0 Å². The summed E-state index contributed by atoms with van der Waals surface area (Å²) in [4.78, 5) is 14.3. The van der Waals surface area contributed by atoms with E-state index < -0.39 is 0 Å². The zero-order chi connectivity index (χ0) is 15.2. The molecule has 0 N–H and O–H groups in total. The Kier molecular flexibility index (Phi) is 5.93. The molecule has 1 heterocycles. The molecule has 1 saturated heterocycles. The molecule has 1 atom stereocenters. The van der Waals surface area contributed by atoms with Crippen LogP contribution in [0.5, 0.6) is 0 Å². The van der Waals surface area contributed by atoms with E-state index >= 15 is 0 Å². The molecule has 3 nitrogen and oxygen atoms in total. The molecule has 21 heavy (non-hydrogen) atoms. The molecule has 5 heteroatoms. The number of hydrogen-bond acceptors (Lipinski definition) is 2. The number of likely N-dealkylation sites (tertiary alicyclic amines) is 1. The summed E-state index contributed by atoms with van der Waals surface area (Å²) < 4.78 is 5.38. The highest BCUT2D eigenvalue weighted by molar-refractivity contribution is 6.35. The number of halogens is 2. The third-order valence-corrected chi connectivity index (χ3v) is 3.89. The Hall–Kier alpha value is -1.21. The molecule has 0 aliphatic carbocycles. The third kappa shape index (κ3) is 4.64. The van der Waals surface area contributed by atoms with E-state index in [0.717, 1.165) is 19.4 Å². The van der Waals surface area contributed by atoms with Gasteiger partial charge in [-0.15, -0.1) is 6.42 Å². The zero-order valence-electron chi connectivity index (χ0n) is 11.6. The summed E-state index contributed by atoms with van der Waals surface area (Å²) in [6.45, 7) is 2.32. The maximum atomic E-state index is 12.5. The monoisotopic (exact) mass is 325 g/mol. The van der Waals surface area contributed by atoms with E-state index in [1.807, 2.05) is 4.90 Å². The highest BCUT2D eigenvalue weighted by Gasteiger charge is 2.24. The summed E-state index contributed by atoms with van der Waals surface area (Å²) in [5.74, 6) is 2.73. The van der Waals surface area contributed by atoms with Crippen molar-refractivity contribution in [2.24, 2.45) is 5.92 Å². The molecule has 0 saturated carbocycles. The Bertz CT molecular complexity index is 533. The predicted molar refractivity (Wildman–Crippen MR) is 84.7 cm³/mol. The van der Waals surface area contributed by atoms with Gasteiger partial charge in [0.05, 0.1) is 6.61 Å². The van der Waals surface area contributed by atoms with Crippen LogP contribution in [0.4, 0.5) is 0 Å². The number of piperidine rings is 1. The van der Waals surface area contributed by atoms with Crippen LogP contribution in [-0.2, 0) is 4.74 Å². The van der Waals surface area contributed by atoms with Gasteiger partial charge in [0.1, 0.15) is 6.61 Å². The average molecular weight is 326 g/mol. The van der Waals surface area contributed by atoms with Crippen molar-refractivity contribution in [3.63, 3.8) is 0 Å². The van der Waals surface area contributed by atoms with E-state index in [0.29, 0.717) is 41.3 Å². The van der Waals surface area contributed by atoms with Gasteiger partial charge in [0.25, 0.3) is 5.91 Å². The fraction of sp³-hybridized carbons (Fsp3) is 0.438. The van der Waals surface area contributed by atoms with Crippen molar-refractivity contribution in [1.29, 1.82) is 0 Å². The molecule has 1 aliphatic heterocycles. The van der Waals surface area contributed by atoms with Crippen LogP contribution in [0, 0.1) is 18.3 Å². The van der Waals surface area contributed by atoms with Crippen molar-refractivity contribution in [3.8, 4) is 12.3 Å². The van der Waals surface area contributed by atoms with Crippen LogP contribution in [0.1, 0.15) is 23.2 Å². The highest BCUT2D eigenvalue weighted by atomic mass is 35.5. The SMILES string of the molecule is C#CCOCC1CCCN(C(=O)c2cc(Cl)cc(Cl)c2)C1. The first-order chi connectivity index (χ1) is 10.1. The fourth-order valence-corrected chi connectivity index (χ4v) is 3.06. The quantitative estimate of drug-likeness (QED) is 0.626. The van der Waals surface area contributed by atoms with Gasteiger partial charge in [-0.1, -0.05) is 29.1 Å². The van der Waals surface area contributed by atoms with E-state index in [1.54, 1.807) is 18.2 Å². The van der Waals surface area contributed by atoms with E-state index in [2.05, 4.69) is 5.92 Å². The number of nitrogens with zero attached hydrogens (tertiary/aromatic N) is 1. The van der Waals surface area contributed by atoms with Crippen LogP contribution in [0.15, 0.2) is 18.2 Å². The third-order valence-electron chi connectivity index (χ3n) is 3.45. The second kappa shape index (κ2) is 7.70. The van der Waals surface area contributed by atoms with Gasteiger partial charge in [0.15, 0.2) is 0 Å². The first-order valence-corrected chi connectivity index (χ1v) is 7.62. The Morgan fingerprint density at radius 1 is 1.38 bits per heavy atom. The molecule has 0 spiro atoms. The van der Waals surface area contributed by atoms with Crippen LogP contribution in [0.2, 0.25) is 10.0 Å². The molecule has 1 amide bonds. The fourth-order valence-electron chi connectivity index (χ4n) is 2.53. The van der Waals surface area contributed by atoms with Gasteiger partial charge in [0, 0.05) is 34.6 Å². The van der Waals surface area contributed by atoms with Crippen LogP contribution in [-0.4, -0.2) is 37.1 Å². The second-order valence-corrected chi connectivity index (χ2v) is 6.01. The number of ether oxygens (including phenoxy) is 1. The number of hydrogen-bond donors (Lipinski definition) is 0. The minimum absolute atomic E-state index is 0.0407. The van der Waals surface area contributed by atoms with Gasteiger partial charge in [-0.05, 0) is 31.0 Å². The summed E-state index contributed by atoms with van der Waals surface area (Å²) >= 11 is 11.9. The Morgan fingerprint density at radius 3 is 2.76 bits per heavy atom. The number of benzene rings is 1. The number of amides is 1. The number of carbonyl (C=O) groups is 1. The zero-order valence-corrected chi connectivity index (χ0v) is 13.2. The lowest BCUT2D eigenvalue weighted by atomic mass is 9.98. The lowest BCUT2D eigenvalue weighted by molar-refractivity contribution is 0.0534. The predicted octanol–water partition coefficient (Wildman–Crippen LogP) is 3.50. The van der Waals surface area contributed by atoms with Crippen molar-refractivity contribution >= 4 is 29.1 Å². The summed E-state index contributed by atoms with van der Waals surface area (Å²) in [5, 5.41) is 0.938. The maximum absolute atomic E-state index is 12.5. The lowest BCUT2D eigenvalue weighted by Gasteiger charge is -2.32.